The maximum Gasteiger partial charge on any atom is 0.412 e. The zero-order chi connectivity index (χ0) is 13.8. The van der Waals surface area contributed by atoms with Gasteiger partial charge in [0.25, 0.3) is 0 Å². The molecule has 18 heavy (non-hydrogen) atoms. The molecular formula is C14H20N2O2. The standard InChI is InChI=1S/C14H20N2O2/c1-10-7-6-8-12(11(10)9-15-5)16-13(17)18-14(2,3)4/h6-9H,1-5H3,(H,16,17). The van der Waals surface area contributed by atoms with Crippen LogP contribution in [-0.4, -0.2) is 25.0 Å². The third-order valence-corrected chi connectivity index (χ3v) is 2.22. The molecule has 1 aromatic carbocycles. The molecule has 0 aliphatic rings. The summed E-state index contributed by atoms with van der Waals surface area (Å²) in [7, 11) is 1.70. The smallest absolute Gasteiger partial charge is 0.412 e. The number of nitrogens with zero attached hydrogens (tertiary/aromatic N) is 1. The molecule has 0 radical (unpaired) electrons. The number of benzene rings is 1. The highest BCUT2D eigenvalue weighted by molar-refractivity contribution is 5.95. The summed E-state index contributed by atoms with van der Waals surface area (Å²) >= 11 is 0. The molecule has 1 N–H and O–H groups in total. The van der Waals surface area contributed by atoms with Crippen molar-refractivity contribution in [2.75, 3.05) is 12.4 Å². The van der Waals surface area contributed by atoms with E-state index in [-0.39, 0.29) is 0 Å². The second-order valence-electron chi connectivity index (χ2n) is 5.05. The quantitative estimate of drug-likeness (QED) is 0.815. The Bertz CT molecular complexity index is 459. The molecule has 4 nitrogen and oxygen atoms in total. The number of aliphatic imine (C=N–C) groups is 1. The molecule has 0 spiro atoms. The Kier molecular flexibility index (Phi) is 4.48. The number of amides is 1. The molecule has 1 amide bonds. The lowest BCUT2D eigenvalue weighted by molar-refractivity contribution is 0.0636. The Hall–Kier alpha value is -1.84. The van der Waals surface area contributed by atoms with Gasteiger partial charge in [-0.05, 0) is 39.3 Å². The fourth-order valence-corrected chi connectivity index (χ4v) is 1.50. The van der Waals surface area contributed by atoms with Gasteiger partial charge >= 0.3 is 6.09 Å². The lowest BCUT2D eigenvalue weighted by atomic mass is 10.1. The maximum absolute atomic E-state index is 11.7. The van der Waals surface area contributed by atoms with Crippen LogP contribution in [0.5, 0.6) is 0 Å². The van der Waals surface area contributed by atoms with E-state index in [2.05, 4.69) is 10.3 Å². The topological polar surface area (TPSA) is 50.7 Å². The highest BCUT2D eigenvalue weighted by atomic mass is 16.6. The molecule has 1 rings (SSSR count). The van der Waals surface area contributed by atoms with E-state index in [4.69, 9.17) is 4.74 Å². The maximum atomic E-state index is 11.7. The first-order valence-corrected chi connectivity index (χ1v) is 5.85. The third kappa shape index (κ3) is 4.20. The summed E-state index contributed by atoms with van der Waals surface area (Å²) in [4.78, 5) is 15.7. The first-order valence-electron chi connectivity index (χ1n) is 5.85. The molecule has 1 aromatic rings. The molecule has 0 heterocycles. The Morgan fingerprint density at radius 2 is 2.06 bits per heavy atom. The Morgan fingerprint density at radius 3 is 2.61 bits per heavy atom. The SMILES string of the molecule is CN=Cc1c(C)cccc1NC(=O)OC(C)(C)C. The lowest BCUT2D eigenvalue weighted by Crippen LogP contribution is -2.27. The van der Waals surface area contributed by atoms with Crippen LogP contribution in [0.4, 0.5) is 10.5 Å². The fraction of sp³-hybridized carbons (Fsp3) is 0.429. The van der Waals surface area contributed by atoms with Crippen molar-refractivity contribution in [3.8, 4) is 0 Å². The van der Waals surface area contributed by atoms with Crippen LogP contribution in [0, 0.1) is 6.92 Å². The number of anilines is 1. The third-order valence-electron chi connectivity index (χ3n) is 2.22. The molecule has 0 aliphatic carbocycles. The highest BCUT2D eigenvalue weighted by Crippen LogP contribution is 2.18. The van der Waals surface area contributed by atoms with Crippen molar-refractivity contribution in [1.82, 2.24) is 0 Å². The van der Waals surface area contributed by atoms with Crippen LogP contribution in [0.3, 0.4) is 0 Å². The van der Waals surface area contributed by atoms with E-state index in [1.54, 1.807) is 13.3 Å². The minimum Gasteiger partial charge on any atom is -0.444 e. The number of nitrogens with one attached hydrogen (secondary N) is 1. The van der Waals surface area contributed by atoms with Crippen LogP contribution in [0.25, 0.3) is 0 Å². The Balaban J connectivity index is 2.91. The summed E-state index contributed by atoms with van der Waals surface area (Å²) in [6.45, 7) is 7.46. The molecule has 0 aromatic heterocycles. The van der Waals surface area contributed by atoms with Crippen molar-refractivity contribution in [1.29, 1.82) is 0 Å². The van der Waals surface area contributed by atoms with Crippen molar-refractivity contribution in [2.24, 2.45) is 4.99 Å². The molecule has 4 heteroatoms. The molecule has 0 saturated carbocycles. The fourth-order valence-electron chi connectivity index (χ4n) is 1.50. The van der Waals surface area contributed by atoms with Gasteiger partial charge in [0.2, 0.25) is 0 Å². The van der Waals surface area contributed by atoms with E-state index < -0.39 is 11.7 Å². The number of aryl methyl sites for hydroxylation is 1. The van der Waals surface area contributed by atoms with Gasteiger partial charge in [-0.15, -0.1) is 0 Å². The largest absolute Gasteiger partial charge is 0.444 e. The average molecular weight is 248 g/mol. The zero-order valence-corrected chi connectivity index (χ0v) is 11.6. The predicted octanol–water partition coefficient (Wildman–Crippen LogP) is 3.39. The van der Waals surface area contributed by atoms with Crippen molar-refractivity contribution in [2.45, 2.75) is 33.3 Å². The normalized spacial score (nSPS) is 11.6. The minimum absolute atomic E-state index is 0.459. The number of hydrogen-bond acceptors (Lipinski definition) is 3. The van der Waals surface area contributed by atoms with Crippen molar-refractivity contribution in [3.05, 3.63) is 29.3 Å². The van der Waals surface area contributed by atoms with Crippen LogP contribution in [0.2, 0.25) is 0 Å². The van der Waals surface area contributed by atoms with Crippen LogP contribution in [-0.2, 0) is 4.74 Å². The summed E-state index contributed by atoms with van der Waals surface area (Å²) in [5, 5.41) is 2.74. The molecule has 0 saturated heterocycles. The number of ether oxygens (including phenoxy) is 1. The van der Waals surface area contributed by atoms with E-state index in [1.807, 2.05) is 45.9 Å². The van der Waals surface area contributed by atoms with Gasteiger partial charge in [0, 0.05) is 18.8 Å². The number of carbonyl (C=O) groups excluding carboxylic acids is 1. The van der Waals surface area contributed by atoms with Crippen LogP contribution in [0.15, 0.2) is 23.2 Å². The molecular weight excluding hydrogens is 228 g/mol. The van der Waals surface area contributed by atoms with Crippen molar-refractivity contribution >= 4 is 18.0 Å². The first kappa shape index (κ1) is 14.2. The molecule has 0 bridgehead atoms. The van der Waals surface area contributed by atoms with Crippen LogP contribution in [0.1, 0.15) is 31.9 Å². The van der Waals surface area contributed by atoms with Gasteiger partial charge in [0.15, 0.2) is 0 Å². The average Bonchev–Trinajstić information content (AvgIpc) is 2.20. The Morgan fingerprint density at radius 1 is 1.39 bits per heavy atom. The summed E-state index contributed by atoms with van der Waals surface area (Å²) in [5.41, 5.74) is 2.14. The first-order chi connectivity index (χ1) is 8.33. The molecule has 98 valence electrons. The highest BCUT2D eigenvalue weighted by Gasteiger charge is 2.17. The number of rotatable bonds is 2. The van der Waals surface area contributed by atoms with Gasteiger partial charge in [-0.25, -0.2) is 4.79 Å². The van der Waals surface area contributed by atoms with E-state index in [1.165, 1.54) is 0 Å². The van der Waals surface area contributed by atoms with Gasteiger partial charge < -0.3 is 4.74 Å². The van der Waals surface area contributed by atoms with E-state index in [9.17, 15) is 4.79 Å². The minimum atomic E-state index is -0.507. The van der Waals surface area contributed by atoms with Crippen LogP contribution >= 0.6 is 0 Å². The number of hydrogen-bond donors (Lipinski definition) is 1. The monoisotopic (exact) mass is 248 g/mol. The van der Waals surface area contributed by atoms with Crippen LogP contribution < -0.4 is 5.32 Å². The lowest BCUT2D eigenvalue weighted by Gasteiger charge is -2.20. The zero-order valence-electron chi connectivity index (χ0n) is 11.6. The molecule has 0 atom stereocenters. The summed E-state index contributed by atoms with van der Waals surface area (Å²) < 4.78 is 5.22. The molecule has 0 fully saturated rings. The molecule has 0 unspecified atom stereocenters. The van der Waals surface area contributed by atoms with Gasteiger partial charge in [-0.2, -0.15) is 0 Å². The second-order valence-corrected chi connectivity index (χ2v) is 5.05. The van der Waals surface area contributed by atoms with Gasteiger partial charge in [-0.1, -0.05) is 12.1 Å². The van der Waals surface area contributed by atoms with Gasteiger partial charge in [0.1, 0.15) is 5.60 Å². The van der Waals surface area contributed by atoms with Crippen molar-refractivity contribution in [3.63, 3.8) is 0 Å². The van der Waals surface area contributed by atoms with Gasteiger partial charge in [0.05, 0.1) is 5.69 Å². The van der Waals surface area contributed by atoms with E-state index in [0.29, 0.717) is 5.69 Å². The summed E-state index contributed by atoms with van der Waals surface area (Å²) in [6.07, 6.45) is 1.26. The number of carbonyl (C=O) groups is 1. The molecule has 0 aliphatic heterocycles. The van der Waals surface area contributed by atoms with E-state index in [0.717, 1.165) is 11.1 Å². The van der Waals surface area contributed by atoms with E-state index >= 15 is 0 Å². The van der Waals surface area contributed by atoms with Crippen molar-refractivity contribution < 1.29 is 9.53 Å². The summed E-state index contributed by atoms with van der Waals surface area (Å²) in [5.74, 6) is 0. The Labute approximate surface area is 108 Å². The van der Waals surface area contributed by atoms with Gasteiger partial charge in [-0.3, -0.25) is 10.3 Å². The second kappa shape index (κ2) is 5.67. The predicted molar refractivity (Wildman–Crippen MR) is 74.6 cm³/mol. The summed E-state index contributed by atoms with van der Waals surface area (Å²) in [6, 6.07) is 5.68.